The third-order valence-electron chi connectivity index (χ3n) is 3.95. The molecule has 2 rings (SSSR count). The molecule has 0 aliphatic carbocycles. The van der Waals surface area contributed by atoms with Crippen LogP contribution in [0.4, 0.5) is 0 Å². The minimum atomic E-state index is -0.591. The normalized spacial score (nSPS) is 11.3. The van der Waals surface area contributed by atoms with Gasteiger partial charge in [0.2, 0.25) is 0 Å². The van der Waals surface area contributed by atoms with Crippen LogP contribution in [0.25, 0.3) is 11.1 Å². The third kappa shape index (κ3) is 4.93. The second-order valence-corrected chi connectivity index (χ2v) is 6.04. The van der Waals surface area contributed by atoms with Gasteiger partial charge in [-0.25, -0.2) is 4.79 Å². The molecule has 5 heteroatoms. The zero-order chi connectivity index (χ0) is 18.9. The molecule has 0 aromatic heterocycles. The van der Waals surface area contributed by atoms with E-state index in [4.69, 9.17) is 4.74 Å². The fourth-order valence-electron chi connectivity index (χ4n) is 2.74. The zero-order valence-corrected chi connectivity index (χ0v) is 15.0. The number of nitrogens with zero attached hydrogens (tertiary/aromatic N) is 1. The van der Waals surface area contributed by atoms with Crippen LogP contribution in [0.15, 0.2) is 48.5 Å². The molecule has 0 aliphatic heterocycles. The summed E-state index contributed by atoms with van der Waals surface area (Å²) in [5, 5.41) is 12.1. The Morgan fingerprint density at radius 2 is 1.77 bits per heavy atom. The van der Waals surface area contributed by atoms with Crippen LogP contribution in [-0.4, -0.2) is 24.5 Å². The number of carbonyl (C=O) groups is 2. The number of amides is 1. The number of esters is 1. The van der Waals surface area contributed by atoms with Gasteiger partial charge in [0.05, 0.1) is 17.2 Å². The van der Waals surface area contributed by atoms with Crippen LogP contribution < -0.4 is 5.32 Å². The van der Waals surface area contributed by atoms with Crippen LogP contribution in [0.2, 0.25) is 0 Å². The molecule has 0 radical (unpaired) electrons. The summed E-state index contributed by atoms with van der Waals surface area (Å²) in [6.45, 7) is 3.62. The fourth-order valence-corrected chi connectivity index (χ4v) is 2.74. The monoisotopic (exact) mass is 350 g/mol. The first-order valence-electron chi connectivity index (χ1n) is 8.61. The highest BCUT2D eigenvalue weighted by molar-refractivity contribution is 5.98. The SMILES string of the molecule is CCC[C@@H](C)NC(=O)COC(=O)c1ccccc1-c1ccccc1C#N. The lowest BCUT2D eigenvalue weighted by Gasteiger charge is -2.14. The largest absolute Gasteiger partial charge is 0.452 e. The highest BCUT2D eigenvalue weighted by atomic mass is 16.5. The van der Waals surface area contributed by atoms with Crippen LogP contribution in [0.3, 0.4) is 0 Å². The van der Waals surface area contributed by atoms with Crippen molar-refractivity contribution in [1.29, 1.82) is 5.26 Å². The smallest absolute Gasteiger partial charge is 0.339 e. The topological polar surface area (TPSA) is 79.2 Å². The molecular weight excluding hydrogens is 328 g/mol. The second-order valence-electron chi connectivity index (χ2n) is 6.04. The summed E-state index contributed by atoms with van der Waals surface area (Å²) in [5.41, 5.74) is 2.06. The number of ether oxygens (including phenoxy) is 1. The van der Waals surface area contributed by atoms with Gasteiger partial charge < -0.3 is 10.1 Å². The van der Waals surface area contributed by atoms with Gasteiger partial charge in [-0.1, -0.05) is 49.7 Å². The van der Waals surface area contributed by atoms with E-state index in [1.54, 1.807) is 48.5 Å². The van der Waals surface area contributed by atoms with Gasteiger partial charge in [0.1, 0.15) is 0 Å². The second kappa shape index (κ2) is 9.38. The van der Waals surface area contributed by atoms with E-state index in [9.17, 15) is 14.9 Å². The minimum Gasteiger partial charge on any atom is -0.452 e. The number of nitriles is 1. The molecule has 1 amide bonds. The molecule has 0 bridgehead atoms. The van der Waals surface area contributed by atoms with Crippen molar-refractivity contribution >= 4 is 11.9 Å². The molecule has 0 saturated heterocycles. The quantitative estimate of drug-likeness (QED) is 0.773. The van der Waals surface area contributed by atoms with E-state index >= 15 is 0 Å². The lowest BCUT2D eigenvalue weighted by atomic mass is 9.96. The molecule has 0 fully saturated rings. The zero-order valence-electron chi connectivity index (χ0n) is 15.0. The van der Waals surface area contributed by atoms with E-state index in [0.717, 1.165) is 12.8 Å². The average molecular weight is 350 g/mol. The number of nitrogens with one attached hydrogen (secondary N) is 1. The molecule has 1 N–H and O–H groups in total. The highest BCUT2D eigenvalue weighted by Crippen LogP contribution is 2.27. The number of carbonyl (C=O) groups excluding carboxylic acids is 2. The molecule has 2 aromatic carbocycles. The van der Waals surface area contributed by atoms with Gasteiger partial charge in [0.15, 0.2) is 6.61 Å². The maximum atomic E-state index is 12.5. The summed E-state index contributed by atoms with van der Waals surface area (Å²) >= 11 is 0. The van der Waals surface area contributed by atoms with Gasteiger partial charge in [-0.15, -0.1) is 0 Å². The third-order valence-corrected chi connectivity index (χ3v) is 3.95. The lowest BCUT2D eigenvalue weighted by Crippen LogP contribution is -2.35. The maximum absolute atomic E-state index is 12.5. The Kier molecular flexibility index (Phi) is 6.92. The van der Waals surface area contributed by atoms with Gasteiger partial charge in [0.25, 0.3) is 5.91 Å². The van der Waals surface area contributed by atoms with Crippen molar-refractivity contribution in [2.24, 2.45) is 0 Å². The van der Waals surface area contributed by atoms with Gasteiger partial charge in [-0.05, 0) is 31.0 Å². The predicted molar refractivity (Wildman–Crippen MR) is 99.4 cm³/mol. The number of hydrogen-bond donors (Lipinski definition) is 1. The summed E-state index contributed by atoms with van der Waals surface area (Å²) in [6.07, 6.45) is 1.83. The summed E-state index contributed by atoms with van der Waals surface area (Å²) in [7, 11) is 0. The van der Waals surface area contributed by atoms with Crippen LogP contribution in [0.1, 0.15) is 42.6 Å². The Bertz CT molecular complexity index is 824. The van der Waals surface area contributed by atoms with Gasteiger partial charge in [-0.3, -0.25) is 4.79 Å². The minimum absolute atomic E-state index is 0.0426. The Morgan fingerprint density at radius 1 is 1.12 bits per heavy atom. The van der Waals surface area contributed by atoms with E-state index < -0.39 is 5.97 Å². The van der Waals surface area contributed by atoms with Gasteiger partial charge in [-0.2, -0.15) is 5.26 Å². The van der Waals surface area contributed by atoms with Crippen LogP contribution in [0, 0.1) is 11.3 Å². The molecule has 0 heterocycles. The summed E-state index contributed by atoms with van der Waals surface area (Å²) in [5.74, 6) is -0.916. The van der Waals surface area contributed by atoms with Crippen molar-refractivity contribution in [1.82, 2.24) is 5.32 Å². The molecule has 26 heavy (non-hydrogen) atoms. The number of hydrogen-bond acceptors (Lipinski definition) is 4. The van der Waals surface area contributed by atoms with Crippen LogP contribution >= 0.6 is 0 Å². The van der Waals surface area contributed by atoms with Crippen molar-refractivity contribution < 1.29 is 14.3 Å². The molecule has 5 nitrogen and oxygen atoms in total. The first kappa shape index (κ1) is 19.2. The Hall–Kier alpha value is -3.13. The Morgan fingerprint density at radius 3 is 2.46 bits per heavy atom. The molecule has 0 saturated carbocycles. The van der Waals surface area contributed by atoms with E-state index in [1.807, 2.05) is 13.8 Å². The molecule has 134 valence electrons. The summed E-state index contributed by atoms with van der Waals surface area (Å²) in [6, 6.07) is 16.1. The fraction of sp³-hybridized carbons (Fsp3) is 0.286. The summed E-state index contributed by atoms with van der Waals surface area (Å²) < 4.78 is 5.17. The first-order chi connectivity index (χ1) is 12.6. The molecular formula is C21H22N2O3. The molecule has 2 aromatic rings. The molecule has 1 atom stereocenters. The Balaban J connectivity index is 2.13. The van der Waals surface area contributed by atoms with E-state index in [-0.39, 0.29) is 18.6 Å². The lowest BCUT2D eigenvalue weighted by molar-refractivity contribution is -0.124. The van der Waals surface area contributed by atoms with Crippen molar-refractivity contribution in [2.75, 3.05) is 6.61 Å². The van der Waals surface area contributed by atoms with E-state index in [0.29, 0.717) is 22.3 Å². The van der Waals surface area contributed by atoms with Gasteiger partial charge in [0, 0.05) is 11.6 Å². The first-order valence-corrected chi connectivity index (χ1v) is 8.61. The van der Waals surface area contributed by atoms with Crippen molar-refractivity contribution in [3.8, 4) is 17.2 Å². The molecule has 0 unspecified atom stereocenters. The van der Waals surface area contributed by atoms with Crippen molar-refractivity contribution in [3.05, 3.63) is 59.7 Å². The van der Waals surface area contributed by atoms with Crippen molar-refractivity contribution in [3.63, 3.8) is 0 Å². The maximum Gasteiger partial charge on any atom is 0.339 e. The van der Waals surface area contributed by atoms with Crippen LogP contribution in [-0.2, 0) is 9.53 Å². The predicted octanol–water partition coefficient (Wildman–Crippen LogP) is 3.69. The Labute approximate surface area is 153 Å². The van der Waals surface area contributed by atoms with E-state index in [2.05, 4.69) is 11.4 Å². The average Bonchev–Trinajstić information content (AvgIpc) is 2.66. The molecule has 0 aliphatic rings. The summed E-state index contributed by atoms with van der Waals surface area (Å²) in [4.78, 5) is 24.4. The van der Waals surface area contributed by atoms with Crippen molar-refractivity contribution in [2.45, 2.75) is 32.7 Å². The van der Waals surface area contributed by atoms with Crippen LogP contribution in [0.5, 0.6) is 0 Å². The number of benzene rings is 2. The van der Waals surface area contributed by atoms with E-state index in [1.165, 1.54) is 0 Å². The standard InChI is InChI=1S/C21H22N2O3/c1-3-8-15(2)23-20(24)14-26-21(25)19-12-7-6-11-18(19)17-10-5-4-9-16(17)13-22/h4-7,9-12,15H,3,8,14H2,1-2H3,(H,23,24)/t15-/m1/s1. The van der Waals surface area contributed by atoms with Gasteiger partial charge >= 0.3 is 5.97 Å². The highest BCUT2D eigenvalue weighted by Gasteiger charge is 2.17. The molecule has 0 spiro atoms. The number of rotatable bonds is 7.